The molecule has 2 aliphatic rings. The normalized spacial score (nSPS) is 19.5. The summed E-state index contributed by atoms with van der Waals surface area (Å²) in [5.41, 5.74) is 2.98. The molecule has 0 radical (unpaired) electrons. The number of carbonyl (C=O) groups is 1. The quantitative estimate of drug-likeness (QED) is 0.503. The molecule has 30 heavy (non-hydrogen) atoms. The maximum atomic E-state index is 12.9. The van der Waals surface area contributed by atoms with Crippen LogP contribution in [0.5, 0.6) is 0 Å². The molecule has 2 aromatic heterocycles. The van der Waals surface area contributed by atoms with Crippen LogP contribution in [0.2, 0.25) is 0 Å². The zero-order valence-electron chi connectivity index (χ0n) is 16.8. The topological polar surface area (TPSA) is 124 Å². The van der Waals surface area contributed by atoms with Crippen molar-refractivity contribution >= 4 is 28.3 Å². The standard InChI is InChI=1S/C20H26N8O2/c29-19(17-12-28(26-25-17)11-13-4-3-5-21-10-13)22-16-8-14-15(24-20(30)23-14)9-18(16)27-6-1-2-7-27/h8-9,12-13,21H,1-7,10-11H2,(H,22,29)(H2,23,24,30). The second kappa shape index (κ2) is 7.94. The number of nitrogens with zero attached hydrogens (tertiary/aromatic N) is 4. The van der Waals surface area contributed by atoms with E-state index in [9.17, 15) is 9.59 Å². The molecule has 4 heterocycles. The molecule has 0 spiro atoms. The van der Waals surface area contributed by atoms with Crippen LogP contribution in [0.3, 0.4) is 0 Å². The lowest BCUT2D eigenvalue weighted by Crippen LogP contribution is -2.32. The van der Waals surface area contributed by atoms with Crippen LogP contribution < -0.4 is 21.2 Å². The lowest BCUT2D eigenvalue weighted by atomic mass is 10.00. The third kappa shape index (κ3) is 3.82. The van der Waals surface area contributed by atoms with E-state index in [0.717, 1.165) is 69.6 Å². The van der Waals surface area contributed by atoms with Gasteiger partial charge in [-0.3, -0.25) is 9.48 Å². The van der Waals surface area contributed by atoms with Crippen LogP contribution in [-0.2, 0) is 6.54 Å². The smallest absolute Gasteiger partial charge is 0.323 e. The van der Waals surface area contributed by atoms with Gasteiger partial charge in [0, 0.05) is 19.6 Å². The number of H-pyrrole nitrogens is 2. The number of rotatable bonds is 5. The molecule has 2 saturated heterocycles. The third-order valence-electron chi connectivity index (χ3n) is 5.94. The Kier molecular flexibility index (Phi) is 4.99. The molecule has 0 bridgehead atoms. The lowest BCUT2D eigenvalue weighted by molar-refractivity contribution is 0.102. The van der Waals surface area contributed by atoms with Gasteiger partial charge in [-0.05, 0) is 56.8 Å². The van der Waals surface area contributed by atoms with Crippen molar-refractivity contribution in [2.75, 3.05) is 36.4 Å². The van der Waals surface area contributed by atoms with Crippen molar-refractivity contribution in [1.82, 2.24) is 30.3 Å². The molecule has 5 rings (SSSR count). The Bertz CT molecular complexity index is 1100. The minimum atomic E-state index is -0.305. The fraction of sp³-hybridized carbons (Fsp3) is 0.500. The van der Waals surface area contributed by atoms with Gasteiger partial charge in [-0.2, -0.15) is 0 Å². The maximum Gasteiger partial charge on any atom is 0.323 e. The summed E-state index contributed by atoms with van der Waals surface area (Å²) in [6.45, 7) is 4.64. The molecule has 1 amide bonds. The summed E-state index contributed by atoms with van der Waals surface area (Å²) >= 11 is 0. The largest absolute Gasteiger partial charge is 0.370 e. The van der Waals surface area contributed by atoms with Crippen LogP contribution in [0.4, 0.5) is 11.4 Å². The molecule has 10 heteroatoms. The van der Waals surface area contributed by atoms with Crippen LogP contribution in [0, 0.1) is 5.92 Å². The molecule has 3 aromatic rings. The van der Waals surface area contributed by atoms with Crippen LogP contribution in [0.1, 0.15) is 36.2 Å². The van der Waals surface area contributed by atoms with Crippen LogP contribution in [0.25, 0.3) is 11.0 Å². The molecule has 4 N–H and O–H groups in total. The first-order chi connectivity index (χ1) is 14.7. The molecular weight excluding hydrogens is 384 g/mol. The van der Waals surface area contributed by atoms with Crippen molar-refractivity contribution in [1.29, 1.82) is 0 Å². The van der Waals surface area contributed by atoms with E-state index in [0.29, 0.717) is 17.1 Å². The average molecular weight is 410 g/mol. The highest BCUT2D eigenvalue weighted by Crippen LogP contribution is 2.32. The molecule has 1 aromatic carbocycles. The molecule has 2 fully saturated rings. The minimum absolute atomic E-state index is 0.263. The number of aromatic nitrogens is 5. The fourth-order valence-electron chi connectivity index (χ4n) is 4.41. The van der Waals surface area contributed by atoms with Crippen molar-refractivity contribution in [2.24, 2.45) is 5.92 Å². The Labute approximate surface area is 173 Å². The summed E-state index contributed by atoms with van der Waals surface area (Å²) < 4.78 is 1.75. The van der Waals surface area contributed by atoms with Gasteiger partial charge in [0.2, 0.25) is 0 Å². The van der Waals surface area contributed by atoms with E-state index < -0.39 is 0 Å². The average Bonchev–Trinajstić information content (AvgIpc) is 3.48. The van der Waals surface area contributed by atoms with Gasteiger partial charge in [0.15, 0.2) is 5.69 Å². The highest BCUT2D eigenvalue weighted by Gasteiger charge is 2.21. The molecule has 0 saturated carbocycles. The zero-order chi connectivity index (χ0) is 20.5. The van der Waals surface area contributed by atoms with E-state index in [1.54, 1.807) is 16.9 Å². The molecule has 2 aliphatic heterocycles. The summed E-state index contributed by atoms with van der Waals surface area (Å²) in [6.07, 6.45) is 6.24. The summed E-state index contributed by atoms with van der Waals surface area (Å²) in [7, 11) is 0. The molecule has 158 valence electrons. The van der Waals surface area contributed by atoms with Crippen LogP contribution in [-0.4, -0.2) is 57.0 Å². The molecular formula is C20H26N8O2. The minimum Gasteiger partial charge on any atom is -0.370 e. The monoisotopic (exact) mass is 410 g/mol. The number of piperidine rings is 1. The van der Waals surface area contributed by atoms with Gasteiger partial charge in [-0.1, -0.05) is 5.21 Å². The van der Waals surface area contributed by atoms with E-state index in [2.05, 4.69) is 35.8 Å². The first-order valence-electron chi connectivity index (χ1n) is 10.6. The van der Waals surface area contributed by atoms with Gasteiger partial charge in [0.25, 0.3) is 5.91 Å². The van der Waals surface area contributed by atoms with Crippen molar-refractivity contribution in [3.8, 4) is 0 Å². The van der Waals surface area contributed by atoms with Crippen LogP contribution >= 0.6 is 0 Å². The first-order valence-corrected chi connectivity index (χ1v) is 10.6. The number of hydrogen-bond acceptors (Lipinski definition) is 6. The van der Waals surface area contributed by atoms with Crippen molar-refractivity contribution in [2.45, 2.75) is 32.2 Å². The SMILES string of the molecule is O=C(Nc1cc2[nH]c(=O)[nH]c2cc1N1CCCC1)c1cn(CC2CCCNC2)nn1. The lowest BCUT2D eigenvalue weighted by Gasteiger charge is -2.22. The van der Waals surface area contributed by atoms with E-state index in [1.807, 2.05) is 6.07 Å². The summed E-state index contributed by atoms with van der Waals surface area (Å²) in [5, 5.41) is 14.6. The maximum absolute atomic E-state index is 12.9. The number of fused-ring (bicyclic) bond motifs is 1. The summed E-state index contributed by atoms with van der Waals surface area (Å²) in [6, 6.07) is 3.72. The van der Waals surface area contributed by atoms with E-state index >= 15 is 0 Å². The zero-order valence-corrected chi connectivity index (χ0v) is 16.8. The number of benzene rings is 1. The molecule has 1 unspecified atom stereocenters. The van der Waals surface area contributed by atoms with E-state index in [1.165, 1.54) is 0 Å². The summed E-state index contributed by atoms with van der Waals surface area (Å²) in [4.78, 5) is 32.4. The van der Waals surface area contributed by atoms with Gasteiger partial charge in [-0.15, -0.1) is 5.10 Å². The number of aromatic amines is 2. The second-order valence-corrected chi connectivity index (χ2v) is 8.18. The molecule has 1 atom stereocenters. The highest BCUT2D eigenvalue weighted by molar-refractivity contribution is 6.06. The number of hydrogen-bond donors (Lipinski definition) is 4. The number of nitrogens with one attached hydrogen (secondary N) is 4. The number of anilines is 2. The van der Waals surface area contributed by atoms with Gasteiger partial charge in [-0.25, -0.2) is 4.79 Å². The Hall–Kier alpha value is -3.14. The molecule has 0 aliphatic carbocycles. The van der Waals surface area contributed by atoms with Crippen molar-refractivity contribution < 1.29 is 4.79 Å². The van der Waals surface area contributed by atoms with Crippen molar-refractivity contribution in [3.63, 3.8) is 0 Å². The van der Waals surface area contributed by atoms with Crippen LogP contribution in [0.15, 0.2) is 23.1 Å². The van der Waals surface area contributed by atoms with E-state index in [-0.39, 0.29) is 17.3 Å². The number of carbonyl (C=O) groups excluding carboxylic acids is 1. The predicted molar refractivity (Wildman–Crippen MR) is 114 cm³/mol. The van der Waals surface area contributed by atoms with E-state index in [4.69, 9.17) is 0 Å². The predicted octanol–water partition coefficient (Wildman–Crippen LogP) is 1.30. The van der Waals surface area contributed by atoms with Gasteiger partial charge in [0.05, 0.1) is 28.6 Å². The molecule has 10 nitrogen and oxygen atoms in total. The highest BCUT2D eigenvalue weighted by atomic mass is 16.2. The second-order valence-electron chi connectivity index (χ2n) is 8.18. The van der Waals surface area contributed by atoms with Gasteiger partial charge in [0.1, 0.15) is 0 Å². The number of imidazole rings is 1. The van der Waals surface area contributed by atoms with Crippen molar-refractivity contribution in [3.05, 3.63) is 34.5 Å². The number of amides is 1. The Morgan fingerprint density at radius 1 is 1.17 bits per heavy atom. The Morgan fingerprint density at radius 3 is 2.73 bits per heavy atom. The Balaban J connectivity index is 1.37. The fourth-order valence-corrected chi connectivity index (χ4v) is 4.41. The van der Waals surface area contributed by atoms with Gasteiger partial charge < -0.3 is 25.5 Å². The summed E-state index contributed by atoms with van der Waals surface area (Å²) in [5.74, 6) is 0.201. The van der Waals surface area contributed by atoms with Gasteiger partial charge >= 0.3 is 5.69 Å². The first kappa shape index (κ1) is 18.9. The Morgan fingerprint density at radius 2 is 1.97 bits per heavy atom. The third-order valence-corrected chi connectivity index (χ3v) is 5.94.